The fourth-order valence-corrected chi connectivity index (χ4v) is 3.22. The van der Waals surface area contributed by atoms with E-state index >= 15 is 0 Å². The summed E-state index contributed by atoms with van der Waals surface area (Å²) in [6, 6.07) is 9.78. The molecule has 0 fully saturated rings. The topological polar surface area (TPSA) is 108 Å². The molecule has 0 amide bonds. The summed E-state index contributed by atoms with van der Waals surface area (Å²) in [4.78, 5) is 14.9. The van der Waals surface area contributed by atoms with Crippen LogP contribution in [0.4, 0.5) is 10.8 Å². The molecule has 9 nitrogen and oxygen atoms in total. The van der Waals surface area contributed by atoms with E-state index in [4.69, 9.17) is 14.2 Å². The lowest BCUT2D eigenvalue weighted by atomic mass is 10.1. The maximum atomic E-state index is 10.9. The van der Waals surface area contributed by atoms with Crippen molar-refractivity contribution in [3.05, 3.63) is 57.5 Å². The highest BCUT2D eigenvalue weighted by Gasteiger charge is 2.11. The summed E-state index contributed by atoms with van der Waals surface area (Å²) in [5, 5.41) is 17.5. The first kappa shape index (κ1) is 20.1. The van der Waals surface area contributed by atoms with E-state index in [1.165, 1.54) is 23.5 Å². The first-order valence-electron chi connectivity index (χ1n) is 8.35. The fraction of sp³-hybridized carbons (Fsp3) is 0.158. The predicted molar refractivity (Wildman–Crippen MR) is 112 cm³/mol. The molecular weight excluding hydrogens is 396 g/mol. The van der Waals surface area contributed by atoms with E-state index in [-0.39, 0.29) is 5.69 Å². The maximum absolute atomic E-state index is 10.9. The van der Waals surface area contributed by atoms with Crippen LogP contribution in [0.25, 0.3) is 11.3 Å². The van der Waals surface area contributed by atoms with Gasteiger partial charge < -0.3 is 14.2 Å². The SMILES string of the molecule is COc1cc(OC)c(OC)cc1/C=N/Nc1nc(-c2cccc([N+](=O)[O-])c2)cs1. The fourth-order valence-electron chi connectivity index (χ4n) is 2.55. The quantitative estimate of drug-likeness (QED) is 0.334. The molecule has 0 saturated carbocycles. The third-order valence-corrected chi connectivity index (χ3v) is 4.70. The molecule has 0 unspecified atom stereocenters. The number of hydrogen-bond donors (Lipinski definition) is 1. The molecule has 0 aliphatic heterocycles. The lowest BCUT2D eigenvalue weighted by Gasteiger charge is -2.11. The third-order valence-electron chi connectivity index (χ3n) is 3.96. The highest BCUT2D eigenvalue weighted by molar-refractivity contribution is 7.14. The molecule has 0 bridgehead atoms. The number of methoxy groups -OCH3 is 3. The predicted octanol–water partition coefficient (Wildman–Crippen LogP) is 4.19. The van der Waals surface area contributed by atoms with Crippen LogP contribution in [-0.4, -0.2) is 37.5 Å². The van der Waals surface area contributed by atoms with E-state index in [0.29, 0.717) is 39.2 Å². The van der Waals surface area contributed by atoms with Gasteiger partial charge in [-0.15, -0.1) is 11.3 Å². The third kappa shape index (κ3) is 4.61. The highest BCUT2D eigenvalue weighted by Crippen LogP contribution is 2.34. The van der Waals surface area contributed by atoms with Crippen molar-refractivity contribution in [2.75, 3.05) is 26.8 Å². The number of nitrogens with one attached hydrogen (secondary N) is 1. The minimum atomic E-state index is -0.435. The number of thiazole rings is 1. The second kappa shape index (κ2) is 9.02. The molecule has 1 aromatic heterocycles. The number of aromatic nitrogens is 1. The van der Waals surface area contributed by atoms with Gasteiger partial charge in [0, 0.05) is 34.7 Å². The van der Waals surface area contributed by atoms with Crippen LogP contribution in [0.1, 0.15) is 5.56 Å². The summed E-state index contributed by atoms with van der Waals surface area (Å²) in [6.07, 6.45) is 1.58. The van der Waals surface area contributed by atoms with Gasteiger partial charge in [-0.3, -0.25) is 15.5 Å². The van der Waals surface area contributed by atoms with Crippen LogP contribution in [0.3, 0.4) is 0 Å². The Kier molecular flexibility index (Phi) is 6.25. The van der Waals surface area contributed by atoms with Gasteiger partial charge in [-0.1, -0.05) is 12.1 Å². The van der Waals surface area contributed by atoms with Crippen LogP contribution in [0.15, 0.2) is 46.9 Å². The minimum Gasteiger partial charge on any atom is -0.496 e. The number of nitrogens with zero attached hydrogens (tertiary/aromatic N) is 3. The molecule has 0 aliphatic carbocycles. The van der Waals surface area contributed by atoms with Crippen LogP contribution >= 0.6 is 11.3 Å². The second-order valence-electron chi connectivity index (χ2n) is 5.66. The lowest BCUT2D eigenvalue weighted by molar-refractivity contribution is -0.384. The number of benzene rings is 2. The van der Waals surface area contributed by atoms with E-state index in [2.05, 4.69) is 15.5 Å². The normalized spacial score (nSPS) is 10.7. The molecule has 150 valence electrons. The van der Waals surface area contributed by atoms with Crippen molar-refractivity contribution < 1.29 is 19.1 Å². The van der Waals surface area contributed by atoms with E-state index in [9.17, 15) is 10.1 Å². The van der Waals surface area contributed by atoms with Gasteiger partial charge in [0.05, 0.1) is 38.2 Å². The van der Waals surface area contributed by atoms with Crippen LogP contribution in [0, 0.1) is 10.1 Å². The zero-order valence-electron chi connectivity index (χ0n) is 15.9. The molecule has 0 aliphatic rings. The summed E-state index contributed by atoms with van der Waals surface area (Å²) in [5.74, 6) is 1.68. The van der Waals surface area contributed by atoms with E-state index < -0.39 is 4.92 Å². The van der Waals surface area contributed by atoms with Crippen molar-refractivity contribution in [2.24, 2.45) is 5.10 Å². The second-order valence-corrected chi connectivity index (χ2v) is 6.52. The summed E-state index contributed by atoms with van der Waals surface area (Å²) in [7, 11) is 4.65. The summed E-state index contributed by atoms with van der Waals surface area (Å²) >= 11 is 1.34. The monoisotopic (exact) mass is 414 g/mol. The van der Waals surface area contributed by atoms with Gasteiger partial charge in [0.1, 0.15) is 5.75 Å². The van der Waals surface area contributed by atoms with Gasteiger partial charge in [-0.2, -0.15) is 5.10 Å². The Hall–Kier alpha value is -3.66. The number of rotatable bonds is 8. The highest BCUT2D eigenvalue weighted by atomic mass is 32.1. The maximum Gasteiger partial charge on any atom is 0.270 e. The number of hydrogen-bond acceptors (Lipinski definition) is 9. The Morgan fingerprint density at radius 1 is 1.10 bits per heavy atom. The number of hydrazone groups is 1. The summed E-state index contributed by atoms with van der Waals surface area (Å²) in [6.45, 7) is 0. The van der Waals surface area contributed by atoms with Crippen molar-refractivity contribution in [1.82, 2.24) is 4.98 Å². The molecule has 0 spiro atoms. The Morgan fingerprint density at radius 2 is 1.83 bits per heavy atom. The van der Waals surface area contributed by atoms with E-state index in [0.717, 1.165) is 0 Å². The molecule has 0 atom stereocenters. The molecule has 1 heterocycles. The molecule has 1 N–H and O–H groups in total. The Morgan fingerprint density at radius 3 is 2.52 bits per heavy atom. The average molecular weight is 414 g/mol. The number of anilines is 1. The van der Waals surface area contributed by atoms with Gasteiger partial charge in [0.15, 0.2) is 11.5 Å². The standard InChI is InChI=1S/C19H18N4O5S/c1-26-16-9-18(28-3)17(27-2)8-13(16)10-20-22-19-21-15(11-29-19)12-5-4-6-14(7-12)23(24)25/h4-11H,1-3H3,(H,21,22)/b20-10+. The minimum absolute atomic E-state index is 0.0172. The van der Waals surface area contributed by atoms with Gasteiger partial charge in [0.25, 0.3) is 5.69 Å². The zero-order chi connectivity index (χ0) is 20.8. The molecule has 3 rings (SSSR count). The Balaban J connectivity index is 1.77. The molecule has 29 heavy (non-hydrogen) atoms. The Bertz CT molecular complexity index is 1050. The summed E-state index contributed by atoms with van der Waals surface area (Å²) in [5.41, 5.74) is 4.84. The molecule has 3 aromatic rings. The van der Waals surface area contributed by atoms with Gasteiger partial charge in [-0.25, -0.2) is 4.98 Å². The molecule has 0 saturated heterocycles. The average Bonchev–Trinajstić information content (AvgIpc) is 3.22. The smallest absolute Gasteiger partial charge is 0.270 e. The summed E-state index contributed by atoms with van der Waals surface area (Å²) < 4.78 is 15.9. The molecule has 10 heteroatoms. The van der Waals surface area contributed by atoms with Gasteiger partial charge in [-0.05, 0) is 6.07 Å². The first-order chi connectivity index (χ1) is 14.0. The largest absolute Gasteiger partial charge is 0.496 e. The molecule has 2 aromatic carbocycles. The van der Waals surface area contributed by atoms with Crippen molar-refractivity contribution in [3.63, 3.8) is 0 Å². The number of non-ortho nitro benzene ring substituents is 1. The lowest BCUT2D eigenvalue weighted by Crippen LogP contribution is -1.98. The van der Waals surface area contributed by atoms with Crippen LogP contribution in [-0.2, 0) is 0 Å². The van der Waals surface area contributed by atoms with Crippen LogP contribution in [0.2, 0.25) is 0 Å². The van der Waals surface area contributed by atoms with Gasteiger partial charge >= 0.3 is 0 Å². The number of nitro groups is 1. The van der Waals surface area contributed by atoms with Gasteiger partial charge in [0.2, 0.25) is 5.13 Å². The molecule has 0 radical (unpaired) electrons. The molecular formula is C19H18N4O5S. The number of ether oxygens (including phenoxy) is 3. The van der Waals surface area contributed by atoms with Crippen LogP contribution < -0.4 is 19.6 Å². The zero-order valence-corrected chi connectivity index (χ0v) is 16.7. The van der Waals surface area contributed by atoms with Crippen molar-refractivity contribution >= 4 is 28.4 Å². The van der Waals surface area contributed by atoms with E-state index in [1.807, 2.05) is 0 Å². The van der Waals surface area contributed by atoms with Crippen molar-refractivity contribution in [2.45, 2.75) is 0 Å². The van der Waals surface area contributed by atoms with E-state index in [1.54, 1.807) is 57.2 Å². The Labute approximate surface area is 170 Å². The van der Waals surface area contributed by atoms with Crippen molar-refractivity contribution in [1.29, 1.82) is 0 Å². The number of nitro benzene ring substituents is 1. The van der Waals surface area contributed by atoms with Crippen LogP contribution in [0.5, 0.6) is 17.2 Å². The van der Waals surface area contributed by atoms with Crippen molar-refractivity contribution in [3.8, 4) is 28.5 Å². The first-order valence-corrected chi connectivity index (χ1v) is 9.23.